The van der Waals surface area contributed by atoms with E-state index in [1.54, 1.807) is 14.0 Å². The molecule has 0 amide bonds. The van der Waals surface area contributed by atoms with Crippen molar-refractivity contribution in [1.29, 1.82) is 0 Å². The van der Waals surface area contributed by atoms with Crippen LogP contribution in [0.3, 0.4) is 0 Å². The van der Waals surface area contributed by atoms with E-state index in [0.717, 1.165) is 37.9 Å². The van der Waals surface area contributed by atoms with Gasteiger partial charge in [-0.2, -0.15) is 0 Å². The van der Waals surface area contributed by atoms with Crippen molar-refractivity contribution in [3.63, 3.8) is 0 Å². The molecule has 6 atom stereocenters. The molecule has 5 aliphatic rings. The SMILES string of the molecule is CCOC(=O)C1(F)C[C@@]2(CCC3C4CC=C5C=C(OC)CC[C@]5(C)C4=CC[C@@]32C)OC1=O. The Morgan fingerprint density at radius 2 is 2.06 bits per heavy atom. The monoisotopic (exact) mass is 444 g/mol. The highest BCUT2D eigenvalue weighted by atomic mass is 19.1. The summed E-state index contributed by atoms with van der Waals surface area (Å²) in [5, 5.41) is 0. The number of halogens is 1. The van der Waals surface area contributed by atoms with Crippen LogP contribution in [0.15, 0.2) is 35.1 Å². The number of esters is 2. The molecule has 2 fully saturated rings. The number of allylic oxidation sites excluding steroid dienone is 6. The van der Waals surface area contributed by atoms with Crippen LogP contribution in [0.5, 0.6) is 0 Å². The van der Waals surface area contributed by atoms with Gasteiger partial charge in [0.1, 0.15) is 5.60 Å². The van der Waals surface area contributed by atoms with E-state index in [0.29, 0.717) is 12.3 Å². The number of hydrogen-bond donors (Lipinski definition) is 0. The fourth-order valence-corrected chi connectivity index (χ4v) is 7.48. The second-order valence-corrected chi connectivity index (χ2v) is 10.7. The molecule has 5 rings (SSSR count). The Hall–Kier alpha value is -2.11. The van der Waals surface area contributed by atoms with E-state index in [1.165, 1.54) is 11.1 Å². The minimum absolute atomic E-state index is 0.0108. The third-order valence-electron chi connectivity index (χ3n) is 9.41. The summed E-state index contributed by atoms with van der Waals surface area (Å²) in [5.41, 5.74) is -1.27. The van der Waals surface area contributed by atoms with Gasteiger partial charge in [-0.1, -0.05) is 31.6 Å². The fraction of sp³-hybridized carbons (Fsp3) is 0.692. The summed E-state index contributed by atoms with van der Waals surface area (Å²) in [5.74, 6) is -0.529. The molecule has 0 aromatic carbocycles. The van der Waals surface area contributed by atoms with Crippen LogP contribution >= 0.6 is 0 Å². The molecule has 0 N–H and O–H groups in total. The number of carbonyl (C=O) groups is 2. The number of ether oxygens (including phenoxy) is 3. The van der Waals surface area contributed by atoms with E-state index in [2.05, 4.69) is 32.1 Å². The molecule has 1 saturated heterocycles. The first-order valence-electron chi connectivity index (χ1n) is 11.9. The minimum Gasteiger partial charge on any atom is -0.501 e. The van der Waals surface area contributed by atoms with Crippen LogP contribution in [0.4, 0.5) is 4.39 Å². The van der Waals surface area contributed by atoms with Gasteiger partial charge in [-0.25, -0.2) is 14.0 Å². The average molecular weight is 445 g/mol. The van der Waals surface area contributed by atoms with Crippen molar-refractivity contribution < 1.29 is 28.2 Å². The molecule has 0 aromatic rings. The van der Waals surface area contributed by atoms with Crippen molar-refractivity contribution in [2.45, 2.75) is 77.0 Å². The van der Waals surface area contributed by atoms with Gasteiger partial charge in [0, 0.05) is 23.7 Å². The number of rotatable bonds is 3. The summed E-state index contributed by atoms with van der Waals surface area (Å²) in [4.78, 5) is 25.0. The smallest absolute Gasteiger partial charge is 0.356 e. The van der Waals surface area contributed by atoms with Crippen LogP contribution in [0.2, 0.25) is 0 Å². The maximum absolute atomic E-state index is 15.6. The van der Waals surface area contributed by atoms with Gasteiger partial charge in [-0.05, 0) is 62.5 Å². The molecule has 1 spiro atoms. The van der Waals surface area contributed by atoms with Crippen LogP contribution < -0.4 is 0 Å². The van der Waals surface area contributed by atoms with Crippen molar-refractivity contribution >= 4 is 11.9 Å². The lowest BCUT2D eigenvalue weighted by atomic mass is 9.51. The Labute approximate surface area is 189 Å². The first-order chi connectivity index (χ1) is 15.1. The molecular weight excluding hydrogens is 411 g/mol. The van der Waals surface area contributed by atoms with Crippen molar-refractivity contribution in [1.82, 2.24) is 0 Å². The van der Waals surface area contributed by atoms with Gasteiger partial charge in [-0.15, -0.1) is 0 Å². The Kier molecular flexibility index (Phi) is 4.71. The number of alkyl halides is 1. The van der Waals surface area contributed by atoms with Gasteiger partial charge in [0.05, 0.1) is 19.5 Å². The molecule has 1 heterocycles. The molecule has 174 valence electrons. The fourth-order valence-electron chi connectivity index (χ4n) is 7.48. The quantitative estimate of drug-likeness (QED) is 0.350. The zero-order valence-electron chi connectivity index (χ0n) is 19.5. The van der Waals surface area contributed by atoms with Gasteiger partial charge >= 0.3 is 17.6 Å². The third-order valence-corrected chi connectivity index (χ3v) is 9.41. The molecule has 32 heavy (non-hydrogen) atoms. The van der Waals surface area contributed by atoms with Crippen molar-refractivity contribution in [3.8, 4) is 0 Å². The molecule has 0 aromatic heterocycles. The first kappa shape index (κ1) is 21.7. The molecule has 3 unspecified atom stereocenters. The minimum atomic E-state index is -2.70. The summed E-state index contributed by atoms with van der Waals surface area (Å²) in [7, 11) is 1.73. The summed E-state index contributed by atoms with van der Waals surface area (Å²) >= 11 is 0. The number of hydrogen-bond acceptors (Lipinski definition) is 5. The van der Waals surface area contributed by atoms with Gasteiger partial charge in [0.25, 0.3) is 0 Å². The Bertz CT molecular complexity index is 965. The molecular formula is C26H33FO5. The van der Waals surface area contributed by atoms with Crippen molar-refractivity contribution in [3.05, 3.63) is 35.1 Å². The lowest BCUT2D eigenvalue weighted by molar-refractivity contribution is -0.170. The van der Waals surface area contributed by atoms with Crippen LogP contribution in [-0.2, 0) is 23.8 Å². The summed E-state index contributed by atoms with van der Waals surface area (Å²) < 4.78 is 31.8. The molecule has 5 nitrogen and oxygen atoms in total. The maximum Gasteiger partial charge on any atom is 0.356 e. The lowest BCUT2D eigenvalue weighted by Gasteiger charge is -2.53. The molecule has 1 saturated carbocycles. The predicted molar refractivity (Wildman–Crippen MR) is 116 cm³/mol. The van der Waals surface area contributed by atoms with E-state index >= 15 is 4.39 Å². The molecule has 0 radical (unpaired) electrons. The highest BCUT2D eigenvalue weighted by Crippen LogP contribution is 2.68. The van der Waals surface area contributed by atoms with Crippen LogP contribution in [0, 0.1) is 22.7 Å². The molecule has 6 heteroatoms. The van der Waals surface area contributed by atoms with E-state index in [-0.39, 0.29) is 24.4 Å². The third kappa shape index (κ3) is 2.61. The van der Waals surface area contributed by atoms with Gasteiger partial charge in [-0.3, -0.25) is 0 Å². The Balaban J connectivity index is 1.49. The van der Waals surface area contributed by atoms with E-state index < -0.39 is 28.6 Å². The Morgan fingerprint density at radius 3 is 2.78 bits per heavy atom. The number of methoxy groups -OCH3 is 1. The van der Waals surface area contributed by atoms with Crippen LogP contribution in [-0.4, -0.2) is 36.9 Å². The van der Waals surface area contributed by atoms with Gasteiger partial charge < -0.3 is 14.2 Å². The Morgan fingerprint density at radius 1 is 1.28 bits per heavy atom. The zero-order chi connectivity index (χ0) is 22.9. The molecule has 0 bridgehead atoms. The van der Waals surface area contributed by atoms with Crippen LogP contribution in [0.1, 0.15) is 65.7 Å². The highest BCUT2D eigenvalue weighted by Gasteiger charge is 2.73. The van der Waals surface area contributed by atoms with Gasteiger partial charge in [0.15, 0.2) is 0 Å². The predicted octanol–water partition coefficient (Wildman–Crippen LogP) is 4.97. The van der Waals surface area contributed by atoms with Crippen LogP contribution in [0.25, 0.3) is 0 Å². The number of fused-ring (bicyclic) bond motifs is 6. The van der Waals surface area contributed by atoms with Gasteiger partial charge in [0.2, 0.25) is 0 Å². The average Bonchev–Trinajstić information content (AvgIpc) is 3.20. The second kappa shape index (κ2) is 6.94. The van der Waals surface area contributed by atoms with Crippen molar-refractivity contribution in [2.75, 3.05) is 13.7 Å². The van der Waals surface area contributed by atoms with Crippen molar-refractivity contribution in [2.24, 2.45) is 22.7 Å². The van der Waals surface area contributed by atoms with E-state index in [1.807, 2.05) is 0 Å². The lowest BCUT2D eigenvalue weighted by Crippen LogP contribution is -2.51. The molecule has 4 aliphatic carbocycles. The largest absolute Gasteiger partial charge is 0.501 e. The van der Waals surface area contributed by atoms with E-state index in [4.69, 9.17) is 14.2 Å². The summed E-state index contributed by atoms with van der Waals surface area (Å²) in [6.45, 7) is 6.11. The highest BCUT2D eigenvalue weighted by molar-refractivity contribution is 6.05. The normalized spacial score (nSPS) is 44.5. The molecule has 1 aliphatic heterocycles. The van der Waals surface area contributed by atoms with E-state index in [9.17, 15) is 9.59 Å². The first-order valence-corrected chi connectivity index (χ1v) is 11.9. The summed E-state index contributed by atoms with van der Waals surface area (Å²) in [6.07, 6.45) is 11.7. The topological polar surface area (TPSA) is 61.8 Å². The second-order valence-electron chi connectivity index (χ2n) is 10.7. The standard InChI is InChI=1S/C26H33FO5/c1-5-31-21(28)26(27)15-25(32-22(26)29)13-10-20-18-7-6-16-14-17(30-4)8-11-23(16,2)19(18)9-12-24(20,25)3/h6,9,14,18,20H,5,7-8,10-13,15H2,1-4H3/t18?,20?,23-,24-,25+,26?/m0/s1. The zero-order valence-corrected chi connectivity index (χ0v) is 19.5. The maximum atomic E-state index is 15.6. The number of carbonyl (C=O) groups excluding carboxylic acids is 2. The summed E-state index contributed by atoms with van der Waals surface area (Å²) in [6, 6.07) is 0.